The number of allylic oxidation sites excluding steroid dienone is 2. The predicted molar refractivity (Wildman–Crippen MR) is 117 cm³/mol. The highest BCUT2D eigenvalue weighted by Crippen LogP contribution is 2.48. The van der Waals surface area contributed by atoms with Crippen molar-refractivity contribution in [3.8, 4) is 0 Å². The molecule has 150 valence electrons. The Hall–Kier alpha value is -2.23. The lowest BCUT2D eigenvalue weighted by Crippen LogP contribution is -2.43. The number of nitrogens with one attached hydrogen (secondary N) is 1. The molecule has 2 aliphatic carbocycles. The Morgan fingerprint density at radius 3 is 2.54 bits per heavy atom. The summed E-state index contributed by atoms with van der Waals surface area (Å²) in [6, 6.07) is 4.44. The number of carbonyl (C=O) groups is 1. The standard InChI is InChI=1S/C24H33N3O/c1-5-6-20-15-27(10-9-26(20)4)21-11-16(2)23(17(3)12-21)25-24(28)22-14-18-7-8-19(22)13-18/h5-6,11-12,18-19,22H,1,7-10,13-15H2,2-4H3,(H,25,28)/b20-6-. The number of likely N-dealkylation sites (N-methyl/N-ethyl adjacent to an activating group) is 1. The Morgan fingerprint density at radius 2 is 1.93 bits per heavy atom. The molecule has 2 saturated carbocycles. The summed E-state index contributed by atoms with van der Waals surface area (Å²) >= 11 is 0. The van der Waals surface area contributed by atoms with Crippen LogP contribution in [0.15, 0.2) is 36.6 Å². The largest absolute Gasteiger partial charge is 0.375 e. The van der Waals surface area contributed by atoms with Crippen molar-refractivity contribution in [1.82, 2.24) is 4.90 Å². The van der Waals surface area contributed by atoms with Crippen LogP contribution in [0.1, 0.15) is 36.8 Å². The highest BCUT2D eigenvalue weighted by Gasteiger charge is 2.43. The molecule has 3 fully saturated rings. The third-order valence-corrected chi connectivity index (χ3v) is 7.06. The van der Waals surface area contributed by atoms with Crippen LogP contribution in [-0.4, -0.2) is 37.5 Å². The number of benzene rings is 1. The van der Waals surface area contributed by atoms with Crippen LogP contribution < -0.4 is 10.2 Å². The van der Waals surface area contributed by atoms with E-state index in [4.69, 9.17) is 0 Å². The zero-order chi connectivity index (χ0) is 19.8. The first-order chi connectivity index (χ1) is 13.5. The van der Waals surface area contributed by atoms with Gasteiger partial charge in [-0.1, -0.05) is 19.1 Å². The summed E-state index contributed by atoms with van der Waals surface area (Å²) in [6.07, 6.45) is 8.87. The summed E-state index contributed by atoms with van der Waals surface area (Å²) < 4.78 is 0. The number of nitrogens with zero attached hydrogens (tertiary/aromatic N) is 2. The lowest BCUT2D eigenvalue weighted by molar-refractivity contribution is -0.121. The Kier molecular flexibility index (Phi) is 5.22. The fourth-order valence-corrected chi connectivity index (χ4v) is 5.45. The van der Waals surface area contributed by atoms with Crippen LogP contribution in [0, 0.1) is 31.6 Å². The van der Waals surface area contributed by atoms with Crippen molar-refractivity contribution in [1.29, 1.82) is 0 Å². The summed E-state index contributed by atoms with van der Waals surface area (Å²) in [6.45, 7) is 11.0. The Balaban J connectivity index is 1.50. The number of piperazine rings is 1. The molecule has 3 atom stereocenters. The van der Waals surface area contributed by atoms with Crippen LogP contribution in [0.5, 0.6) is 0 Å². The van der Waals surface area contributed by atoms with Crippen LogP contribution in [0.25, 0.3) is 0 Å². The topological polar surface area (TPSA) is 35.6 Å². The molecule has 0 radical (unpaired) electrons. The molecule has 4 heteroatoms. The maximum Gasteiger partial charge on any atom is 0.227 e. The van der Waals surface area contributed by atoms with E-state index < -0.39 is 0 Å². The molecule has 0 aromatic heterocycles. The average molecular weight is 380 g/mol. The number of rotatable bonds is 4. The molecular formula is C24H33N3O. The van der Waals surface area contributed by atoms with Crippen LogP contribution in [0.4, 0.5) is 11.4 Å². The molecule has 0 spiro atoms. The van der Waals surface area contributed by atoms with E-state index in [9.17, 15) is 4.79 Å². The maximum absolute atomic E-state index is 12.9. The van der Waals surface area contributed by atoms with E-state index in [0.717, 1.165) is 48.8 Å². The Labute approximate surface area is 169 Å². The molecule has 3 unspecified atom stereocenters. The first-order valence-electron chi connectivity index (χ1n) is 10.7. The molecule has 1 aromatic carbocycles. The highest BCUT2D eigenvalue weighted by atomic mass is 16.1. The van der Waals surface area contributed by atoms with E-state index in [1.165, 1.54) is 30.6 Å². The van der Waals surface area contributed by atoms with Crippen LogP contribution >= 0.6 is 0 Å². The molecule has 4 nitrogen and oxygen atoms in total. The zero-order valence-electron chi connectivity index (χ0n) is 17.5. The molecule has 1 amide bonds. The van der Waals surface area contributed by atoms with Gasteiger partial charge in [-0.05, 0) is 74.3 Å². The van der Waals surface area contributed by atoms with E-state index in [-0.39, 0.29) is 11.8 Å². The molecule has 1 aliphatic heterocycles. The normalized spacial score (nSPS) is 28.1. The number of aryl methyl sites for hydroxylation is 2. The van der Waals surface area contributed by atoms with Gasteiger partial charge in [0.15, 0.2) is 0 Å². The average Bonchev–Trinajstić information content (AvgIpc) is 3.30. The summed E-state index contributed by atoms with van der Waals surface area (Å²) in [5.41, 5.74) is 5.83. The van der Waals surface area contributed by atoms with Gasteiger partial charge in [-0.15, -0.1) is 0 Å². The van der Waals surface area contributed by atoms with Gasteiger partial charge in [-0.25, -0.2) is 0 Å². The van der Waals surface area contributed by atoms with Crippen LogP contribution in [0.3, 0.4) is 0 Å². The van der Waals surface area contributed by atoms with Gasteiger partial charge in [-0.2, -0.15) is 0 Å². The van der Waals surface area contributed by atoms with Gasteiger partial charge >= 0.3 is 0 Å². The quantitative estimate of drug-likeness (QED) is 0.837. The van der Waals surface area contributed by atoms with Crippen LogP contribution in [0.2, 0.25) is 0 Å². The van der Waals surface area contributed by atoms with Crippen molar-refractivity contribution in [2.75, 3.05) is 36.9 Å². The lowest BCUT2D eigenvalue weighted by Gasteiger charge is -2.37. The molecule has 3 aliphatic rings. The highest BCUT2D eigenvalue weighted by molar-refractivity contribution is 5.95. The Bertz CT molecular complexity index is 789. The minimum Gasteiger partial charge on any atom is -0.375 e. The molecular weight excluding hydrogens is 346 g/mol. The maximum atomic E-state index is 12.9. The molecule has 2 bridgehead atoms. The summed E-state index contributed by atoms with van der Waals surface area (Å²) in [5.74, 6) is 1.87. The number of hydrogen-bond acceptors (Lipinski definition) is 3. The third-order valence-electron chi connectivity index (χ3n) is 7.06. The van der Waals surface area contributed by atoms with Gasteiger partial charge < -0.3 is 15.1 Å². The minimum absolute atomic E-state index is 0.224. The molecule has 1 saturated heterocycles. The van der Waals surface area contributed by atoms with Gasteiger partial charge in [0.1, 0.15) is 0 Å². The van der Waals surface area contributed by atoms with Crippen molar-refractivity contribution < 1.29 is 4.79 Å². The van der Waals surface area contributed by atoms with Gasteiger partial charge in [0, 0.05) is 43.1 Å². The Morgan fingerprint density at radius 1 is 1.18 bits per heavy atom. The van der Waals surface area contributed by atoms with E-state index in [0.29, 0.717) is 5.92 Å². The summed E-state index contributed by atoms with van der Waals surface area (Å²) in [4.78, 5) is 17.6. The lowest BCUT2D eigenvalue weighted by atomic mass is 9.88. The van der Waals surface area contributed by atoms with E-state index in [2.05, 4.69) is 60.8 Å². The minimum atomic E-state index is 0.224. The van der Waals surface area contributed by atoms with Crippen molar-refractivity contribution in [2.24, 2.45) is 17.8 Å². The molecule has 4 rings (SSSR count). The van der Waals surface area contributed by atoms with E-state index in [1.807, 2.05) is 6.08 Å². The van der Waals surface area contributed by atoms with E-state index >= 15 is 0 Å². The second-order valence-electron chi connectivity index (χ2n) is 8.96. The molecule has 1 heterocycles. The van der Waals surface area contributed by atoms with Crippen molar-refractivity contribution in [3.63, 3.8) is 0 Å². The fraction of sp³-hybridized carbons (Fsp3) is 0.542. The number of amides is 1. The predicted octanol–water partition coefficient (Wildman–Crippen LogP) is 4.50. The monoisotopic (exact) mass is 379 g/mol. The van der Waals surface area contributed by atoms with Gasteiger partial charge in [-0.3, -0.25) is 4.79 Å². The third kappa shape index (κ3) is 3.57. The molecule has 1 aromatic rings. The van der Waals surface area contributed by atoms with Crippen molar-refractivity contribution in [3.05, 3.63) is 47.7 Å². The van der Waals surface area contributed by atoms with E-state index in [1.54, 1.807) is 0 Å². The summed E-state index contributed by atoms with van der Waals surface area (Å²) in [7, 11) is 2.14. The van der Waals surface area contributed by atoms with Gasteiger partial charge in [0.25, 0.3) is 0 Å². The molecule has 1 N–H and O–H groups in total. The fourth-order valence-electron chi connectivity index (χ4n) is 5.45. The van der Waals surface area contributed by atoms with Crippen molar-refractivity contribution in [2.45, 2.75) is 39.5 Å². The number of fused-ring (bicyclic) bond motifs is 2. The first-order valence-corrected chi connectivity index (χ1v) is 10.7. The number of hydrogen-bond donors (Lipinski definition) is 1. The smallest absolute Gasteiger partial charge is 0.227 e. The van der Waals surface area contributed by atoms with Crippen molar-refractivity contribution >= 4 is 17.3 Å². The first kappa shape index (κ1) is 19.1. The molecule has 28 heavy (non-hydrogen) atoms. The second kappa shape index (κ2) is 7.65. The second-order valence-corrected chi connectivity index (χ2v) is 8.96. The summed E-state index contributed by atoms with van der Waals surface area (Å²) in [5, 5.41) is 3.28. The number of carbonyl (C=O) groups excluding carboxylic acids is 1. The number of anilines is 2. The van der Waals surface area contributed by atoms with Crippen LogP contribution in [-0.2, 0) is 4.79 Å². The van der Waals surface area contributed by atoms with Gasteiger partial charge in [0.05, 0.1) is 6.54 Å². The van der Waals surface area contributed by atoms with Gasteiger partial charge in [0.2, 0.25) is 5.91 Å². The zero-order valence-corrected chi connectivity index (χ0v) is 17.5. The SMILES string of the molecule is C=C/C=C1/CN(c2cc(C)c(NC(=O)C3CC4CCC3C4)c(C)c2)CCN1C.